The van der Waals surface area contributed by atoms with Gasteiger partial charge in [-0.15, -0.1) is 0 Å². The molecule has 108 valence electrons. The Balaban J connectivity index is 2.09. The lowest BCUT2D eigenvalue weighted by Crippen LogP contribution is -2.17. The first-order valence-corrected chi connectivity index (χ1v) is 7.22. The van der Waals surface area contributed by atoms with Crippen LogP contribution in [0.1, 0.15) is 21.5 Å². The minimum Gasteiger partial charge on any atom is -0.506 e. The number of hydrogen-bond acceptors (Lipinski definition) is 3. The summed E-state index contributed by atoms with van der Waals surface area (Å²) in [5, 5.41) is 14.1. The monoisotopic (exact) mass is 366 g/mol. The van der Waals surface area contributed by atoms with Crippen molar-refractivity contribution >= 4 is 39.7 Å². The fourth-order valence-corrected chi connectivity index (χ4v) is 2.45. The van der Waals surface area contributed by atoms with Crippen LogP contribution in [0.3, 0.4) is 0 Å². The Labute approximate surface area is 135 Å². The van der Waals surface area contributed by atoms with Crippen LogP contribution in [0.25, 0.3) is 0 Å². The molecule has 2 rings (SSSR count). The molecule has 0 saturated carbocycles. The van der Waals surface area contributed by atoms with Crippen molar-refractivity contribution in [3.8, 4) is 5.75 Å². The van der Waals surface area contributed by atoms with E-state index in [1.807, 2.05) is 19.1 Å². The average molecular weight is 368 g/mol. The van der Waals surface area contributed by atoms with E-state index in [4.69, 9.17) is 11.6 Å². The molecule has 1 amide bonds. The molecular formula is C15H12BrClN2O2. The summed E-state index contributed by atoms with van der Waals surface area (Å²) in [5.41, 5.74) is 4.38. The van der Waals surface area contributed by atoms with Gasteiger partial charge in [-0.05, 0) is 47.1 Å². The smallest absolute Gasteiger partial charge is 0.271 e. The summed E-state index contributed by atoms with van der Waals surface area (Å²) in [7, 11) is 0. The summed E-state index contributed by atoms with van der Waals surface area (Å²) in [4.78, 5) is 11.8. The Morgan fingerprint density at radius 1 is 1.33 bits per heavy atom. The van der Waals surface area contributed by atoms with Gasteiger partial charge in [0, 0.05) is 16.1 Å². The molecular weight excluding hydrogens is 356 g/mol. The molecule has 2 aromatic carbocycles. The molecule has 0 aromatic heterocycles. The van der Waals surface area contributed by atoms with Gasteiger partial charge < -0.3 is 5.11 Å². The van der Waals surface area contributed by atoms with Gasteiger partial charge in [-0.2, -0.15) is 5.10 Å². The Morgan fingerprint density at radius 3 is 2.67 bits per heavy atom. The highest BCUT2D eigenvalue weighted by atomic mass is 79.9. The molecule has 0 atom stereocenters. The van der Waals surface area contributed by atoms with Gasteiger partial charge in [-0.1, -0.05) is 29.3 Å². The van der Waals surface area contributed by atoms with E-state index in [0.29, 0.717) is 20.6 Å². The first-order chi connectivity index (χ1) is 9.97. The molecule has 6 heteroatoms. The maximum absolute atomic E-state index is 11.8. The van der Waals surface area contributed by atoms with E-state index in [1.54, 1.807) is 24.3 Å². The molecule has 0 radical (unpaired) electrons. The third-order valence-corrected chi connectivity index (χ3v) is 3.56. The third kappa shape index (κ3) is 4.06. The van der Waals surface area contributed by atoms with Crippen molar-refractivity contribution in [2.45, 2.75) is 6.92 Å². The van der Waals surface area contributed by atoms with Crippen LogP contribution in [0.4, 0.5) is 0 Å². The quantitative estimate of drug-likeness (QED) is 0.639. The number of hydrazone groups is 1. The molecule has 0 fully saturated rings. The lowest BCUT2D eigenvalue weighted by molar-refractivity contribution is 0.0955. The number of nitrogens with one attached hydrogen (secondary N) is 1. The molecule has 0 saturated heterocycles. The summed E-state index contributed by atoms with van der Waals surface area (Å²) < 4.78 is 0.460. The van der Waals surface area contributed by atoms with Gasteiger partial charge in [0.25, 0.3) is 5.91 Å². The number of carbonyl (C=O) groups excluding carboxylic acids is 1. The van der Waals surface area contributed by atoms with Crippen molar-refractivity contribution < 1.29 is 9.90 Å². The second-order valence-corrected chi connectivity index (χ2v) is 5.68. The number of rotatable bonds is 3. The number of phenols is 1. The van der Waals surface area contributed by atoms with E-state index in [-0.39, 0.29) is 11.7 Å². The third-order valence-electron chi connectivity index (χ3n) is 2.74. The largest absolute Gasteiger partial charge is 0.506 e. The number of phenolic OH excluding ortho intramolecular Hbond substituents is 1. The Morgan fingerprint density at radius 2 is 2.00 bits per heavy atom. The zero-order valence-electron chi connectivity index (χ0n) is 11.1. The minimum absolute atomic E-state index is 0.00716. The average Bonchev–Trinajstić information content (AvgIpc) is 2.44. The maximum atomic E-state index is 11.8. The van der Waals surface area contributed by atoms with Gasteiger partial charge >= 0.3 is 0 Å². The minimum atomic E-state index is -0.327. The zero-order valence-corrected chi connectivity index (χ0v) is 13.4. The van der Waals surface area contributed by atoms with Gasteiger partial charge in [-0.3, -0.25) is 4.79 Å². The highest BCUT2D eigenvalue weighted by Crippen LogP contribution is 2.30. The second kappa shape index (κ2) is 6.74. The summed E-state index contributed by atoms with van der Waals surface area (Å²) in [5.74, 6) is -0.320. The predicted octanol–water partition coefficient (Wildman–Crippen LogP) is 3.88. The fourth-order valence-electron chi connectivity index (χ4n) is 1.61. The molecule has 0 bridgehead atoms. The van der Waals surface area contributed by atoms with E-state index in [1.165, 1.54) is 6.21 Å². The van der Waals surface area contributed by atoms with E-state index in [9.17, 15) is 9.90 Å². The Hall–Kier alpha value is -1.85. The number of carbonyl (C=O) groups is 1. The van der Waals surface area contributed by atoms with Gasteiger partial charge in [-0.25, -0.2) is 5.43 Å². The van der Waals surface area contributed by atoms with Crippen molar-refractivity contribution in [1.82, 2.24) is 5.43 Å². The molecule has 2 aromatic rings. The zero-order chi connectivity index (χ0) is 15.4. The second-order valence-electron chi connectivity index (χ2n) is 4.39. The molecule has 0 heterocycles. The van der Waals surface area contributed by atoms with Crippen LogP contribution in [-0.4, -0.2) is 17.2 Å². The fraction of sp³-hybridized carbons (Fsp3) is 0.0667. The molecule has 0 aliphatic heterocycles. The number of benzene rings is 2. The molecule has 0 unspecified atom stereocenters. The SMILES string of the molecule is Cc1ccc(C(=O)NN=Cc2cc(Cl)cc(Br)c2O)cc1. The van der Waals surface area contributed by atoms with Crippen molar-refractivity contribution in [2.75, 3.05) is 0 Å². The van der Waals surface area contributed by atoms with Crippen molar-refractivity contribution in [1.29, 1.82) is 0 Å². The number of nitrogens with zero attached hydrogens (tertiary/aromatic N) is 1. The van der Waals surface area contributed by atoms with Crippen LogP contribution < -0.4 is 5.43 Å². The molecule has 21 heavy (non-hydrogen) atoms. The van der Waals surface area contributed by atoms with Gasteiger partial charge in [0.1, 0.15) is 5.75 Å². The van der Waals surface area contributed by atoms with E-state index < -0.39 is 0 Å². The lowest BCUT2D eigenvalue weighted by atomic mass is 10.1. The number of halogens is 2. The topological polar surface area (TPSA) is 61.7 Å². The lowest BCUT2D eigenvalue weighted by Gasteiger charge is -2.03. The maximum Gasteiger partial charge on any atom is 0.271 e. The highest BCUT2D eigenvalue weighted by Gasteiger charge is 2.06. The molecule has 0 aliphatic rings. The number of amides is 1. The summed E-state index contributed by atoms with van der Waals surface area (Å²) >= 11 is 9.06. The van der Waals surface area contributed by atoms with Gasteiger partial charge in [0.05, 0.1) is 10.7 Å². The van der Waals surface area contributed by atoms with Crippen LogP contribution in [-0.2, 0) is 0 Å². The van der Waals surface area contributed by atoms with Gasteiger partial charge in [0.15, 0.2) is 0 Å². The van der Waals surface area contributed by atoms with Crippen molar-refractivity contribution in [3.05, 3.63) is 62.6 Å². The number of aryl methyl sites for hydroxylation is 1. The van der Waals surface area contributed by atoms with Crippen LogP contribution in [0.5, 0.6) is 5.75 Å². The van der Waals surface area contributed by atoms with Gasteiger partial charge in [0.2, 0.25) is 0 Å². The van der Waals surface area contributed by atoms with Crippen LogP contribution in [0, 0.1) is 6.92 Å². The van der Waals surface area contributed by atoms with Crippen LogP contribution in [0.15, 0.2) is 46.0 Å². The van der Waals surface area contributed by atoms with E-state index >= 15 is 0 Å². The van der Waals surface area contributed by atoms with E-state index in [0.717, 1.165) is 5.56 Å². The first-order valence-electron chi connectivity index (χ1n) is 6.05. The van der Waals surface area contributed by atoms with Crippen LogP contribution >= 0.6 is 27.5 Å². The molecule has 4 nitrogen and oxygen atoms in total. The van der Waals surface area contributed by atoms with Crippen LogP contribution in [0.2, 0.25) is 5.02 Å². The van der Waals surface area contributed by atoms with Crippen molar-refractivity contribution in [3.63, 3.8) is 0 Å². The summed E-state index contributed by atoms with van der Waals surface area (Å²) in [6, 6.07) is 10.2. The number of aromatic hydroxyl groups is 1. The molecule has 2 N–H and O–H groups in total. The Bertz CT molecular complexity index is 700. The standard InChI is InChI=1S/C15H12BrClN2O2/c1-9-2-4-10(5-3-9)15(21)19-18-8-11-6-12(17)7-13(16)14(11)20/h2-8,20H,1H3,(H,19,21). The molecule has 0 spiro atoms. The predicted molar refractivity (Wildman–Crippen MR) is 87.1 cm³/mol. The summed E-state index contributed by atoms with van der Waals surface area (Å²) in [6.07, 6.45) is 1.33. The Kier molecular flexibility index (Phi) is 4.98. The molecule has 0 aliphatic carbocycles. The number of hydrogen-bond donors (Lipinski definition) is 2. The first kappa shape index (κ1) is 15.5. The highest BCUT2D eigenvalue weighted by molar-refractivity contribution is 9.10. The van der Waals surface area contributed by atoms with Crippen molar-refractivity contribution in [2.24, 2.45) is 5.10 Å². The van der Waals surface area contributed by atoms with E-state index in [2.05, 4.69) is 26.5 Å². The summed E-state index contributed by atoms with van der Waals surface area (Å²) in [6.45, 7) is 1.94. The normalized spacial score (nSPS) is 10.8.